The summed E-state index contributed by atoms with van der Waals surface area (Å²) in [5.41, 5.74) is -8.20. The zero-order chi connectivity index (χ0) is 73.5. The number of aromatic hydroxyl groups is 1. The molecule has 10 rings (SSSR count). The van der Waals surface area contributed by atoms with Gasteiger partial charge >= 0.3 is 0 Å². The number of pyridine rings is 1. The van der Waals surface area contributed by atoms with E-state index in [1.54, 1.807) is 78.9 Å². The van der Waals surface area contributed by atoms with Gasteiger partial charge in [0.15, 0.2) is 0 Å². The zero-order valence-electron chi connectivity index (χ0n) is 67.6. The van der Waals surface area contributed by atoms with E-state index >= 15 is 0 Å². The number of fused-ring (bicyclic) bond motifs is 1. The average molecular weight is 1220 g/mol. The van der Waals surface area contributed by atoms with Gasteiger partial charge in [-0.15, -0.1) is 29.3 Å². The number of aromatic nitrogens is 3. The number of imidazole rings is 1. The van der Waals surface area contributed by atoms with Gasteiger partial charge in [0.05, 0.1) is 27.8 Å². The zero-order valence-corrected chi connectivity index (χ0v) is 46.9. The van der Waals surface area contributed by atoms with E-state index < -0.39 is 96.9 Å². The molecule has 2 heterocycles. The maximum absolute atomic E-state index is 13.4. The fraction of sp³-hybridized carbons (Fsp3) is 0.333. The standard InChI is InChI=1S/C72H78N3O.Pt/c1-68(2,3)54-39-52(38-53(40-54)62-41-51(34-37-73-62)47-30-28-46(29-31-47)48-32-35-72(13,14)36-33-48)57-26-21-27-63-64(57)74-67(60-44-56(70(7,8)9)45-61(66(60)76)71(10,11)12)75(63)65-58(49-22-17-15-18-23-49)42-55(69(4,5)6)43-59(65)50-24-19-16-20-25-50;/h15-31,34,37,39-45,48,76H,32-33,35-36H2,1-14H3;/q-1;/i7D3,8D3,9D3,10D3,11D3,12D3,30D,31D,34D,41D,48D;. The van der Waals surface area contributed by atoms with Gasteiger partial charge in [0.2, 0.25) is 0 Å². The van der Waals surface area contributed by atoms with E-state index in [0.717, 1.165) is 18.4 Å². The Bertz CT molecular complexity index is 4440. The van der Waals surface area contributed by atoms with Crippen molar-refractivity contribution in [1.82, 2.24) is 14.5 Å². The van der Waals surface area contributed by atoms with E-state index in [1.807, 2.05) is 77.9 Å². The molecule has 0 spiro atoms. The van der Waals surface area contributed by atoms with E-state index in [1.165, 1.54) is 10.8 Å². The Morgan fingerprint density at radius 1 is 0.610 bits per heavy atom. The van der Waals surface area contributed by atoms with Crippen molar-refractivity contribution in [3.63, 3.8) is 0 Å². The summed E-state index contributed by atoms with van der Waals surface area (Å²) in [6.07, 6.45) is 3.81. The van der Waals surface area contributed by atoms with Crippen LogP contribution in [0.25, 0.3) is 83.9 Å². The summed E-state index contributed by atoms with van der Waals surface area (Å²) < 4.78 is 210. The van der Waals surface area contributed by atoms with Crippen molar-refractivity contribution in [2.45, 2.75) is 150 Å². The molecule has 0 saturated heterocycles. The number of phenolic OH excluding ortho intramolecular Hbond substituents is 1. The molecule has 1 aliphatic carbocycles. The maximum atomic E-state index is 13.4. The maximum Gasteiger partial charge on any atom is 0.148 e. The van der Waals surface area contributed by atoms with Crippen LogP contribution in [0.5, 0.6) is 5.75 Å². The van der Waals surface area contributed by atoms with Crippen molar-refractivity contribution in [1.29, 1.82) is 0 Å². The minimum absolute atomic E-state index is 0. The van der Waals surface area contributed by atoms with Crippen LogP contribution in [0, 0.1) is 11.5 Å². The minimum Gasteiger partial charge on any atom is -0.507 e. The largest absolute Gasteiger partial charge is 0.507 e. The molecule has 2 aromatic heterocycles. The van der Waals surface area contributed by atoms with Crippen LogP contribution in [0.1, 0.15) is 187 Å². The number of hydrogen-bond donors (Lipinski definition) is 1. The fourth-order valence-electron chi connectivity index (χ4n) is 10.2. The van der Waals surface area contributed by atoms with Crippen LogP contribution in [0.15, 0.2) is 158 Å². The number of phenols is 1. The SMILES string of the molecule is [2H]c1cc(C2([2H])CCC(C)(C)CC2)cc([2H])c1-c1c([2H])cnc(-c2[c-]c(-c3cccc4c3nc(-c3cc(C(C([2H])([2H])[2H])(C([2H])([2H])[2H])C([2H])([2H])[2H])cc(C(C([2H])([2H])[2H])(C([2H])([2H])[2H])C([2H])([2H])[2H])c3O)n4-c3c(-c4ccccc4)cc(C(C)(C)C)cc3-c3ccccc3)cc(C(C)(C)C)c2)c1[2H].[Pt]. The number of para-hydroxylation sites is 1. The van der Waals surface area contributed by atoms with Gasteiger partial charge in [-0.25, -0.2) is 4.98 Å². The Balaban J connectivity index is 0.0000117. The Morgan fingerprint density at radius 3 is 1.75 bits per heavy atom. The van der Waals surface area contributed by atoms with E-state index in [0.29, 0.717) is 52.3 Å². The molecule has 0 amide bonds. The van der Waals surface area contributed by atoms with Crippen molar-refractivity contribution >= 4 is 11.0 Å². The first kappa shape index (κ1) is 33.2. The Kier molecular flexibility index (Phi) is 8.96. The molecular formula is C72H78N3OPt-. The molecule has 5 heteroatoms. The average Bonchev–Trinajstić information content (AvgIpc) is 0.892. The van der Waals surface area contributed by atoms with Crippen molar-refractivity contribution in [2.24, 2.45) is 5.41 Å². The first-order chi connectivity index (χ1) is 45.3. The summed E-state index contributed by atoms with van der Waals surface area (Å²) >= 11 is 0. The number of hydrogen-bond acceptors (Lipinski definition) is 3. The topological polar surface area (TPSA) is 50.9 Å². The van der Waals surface area contributed by atoms with Crippen LogP contribution in [0.3, 0.4) is 0 Å². The number of rotatable bonds is 8. The Morgan fingerprint density at radius 2 is 1.17 bits per heavy atom. The monoisotopic (exact) mass is 1220 g/mol. The third kappa shape index (κ3) is 11.3. The van der Waals surface area contributed by atoms with Crippen LogP contribution in [-0.4, -0.2) is 19.6 Å². The van der Waals surface area contributed by atoms with E-state index in [4.69, 9.17) is 29.7 Å². The third-order valence-corrected chi connectivity index (χ3v) is 14.8. The second-order valence-electron chi connectivity index (χ2n) is 23.1. The van der Waals surface area contributed by atoms with Crippen LogP contribution < -0.4 is 0 Å². The molecule has 9 aromatic rings. The van der Waals surface area contributed by atoms with Crippen molar-refractivity contribution in [2.75, 3.05) is 0 Å². The van der Waals surface area contributed by atoms with Gasteiger partial charge < -0.3 is 5.11 Å². The molecular weight excluding hydrogens is 1120 g/mol. The molecule has 4 nitrogen and oxygen atoms in total. The van der Waals surface area contributed by atoms with Gasteiger partial charge in [0.1, 0.15) is 11.6 Å². The van der Waals surface area contributed by atoms with E-state index in [9.17, 15) is 12.0 Å². The summed E-state index contributed by atoms with van der Waals surface area (Å²) in [5.74, 6) is -3.01. The Labute approximate surface area is 507 Å². The predicted molar refractivity (Wildman–Crippen MR) is 322 cm³/mol. The van der Waals surface area contributed by atoms with Gasteiger partial charge in [-0.2, -0.15) is 0 Å². The van der Waals surface area contributed by atoms with Gasteiger partial charge in [0.25, 0.3) is 0 Å². The van der Waals surface area contributed by atoms with Crippen LogP contribution in [0.2, 0.25) is 0 Å². The molecule has 0 bridgehead atoms. The second-order valence-corrected chi connectivity index (χ2v) is 23.1. The molecule has 77 heavy (non-hydrogen) atoms. The summed E-state index contributed by atoms with van der Waals surface area (Å²) in [7, 11) is 0. The first-order valence-electron chi connectivity index (χ1n) is 37.2. The van der Waals surface area contributed by atoms with E-state index in [-0.39, 0.29) is 107 Å². The number of benzene rings is 7. The Hall–Kier alpha value is -6.35. The van der Waals surface area contributed by atoms with Crippen molar-refractivity contribution in [3.05, 3.63) is 192 Å². The van der Waals surface area contributed by atoms with Gasteiger partial charge in [-0.1, -0.05) is 217 Å². The second kappa shape index (κ2) is 20.8. The molecule has 1 aliphatic rings. The number of nitrogens with zero attached hydrogens (tertiary/aromatic N) is 3. The van der Waals surface area contributed by atoms with Crippen LogP contribution >= 0.6 is 0 Å². The molecule has 1 N–H and O–H groups in total. The molecule has 398 valence electrons. The molecule has 0 aliphatic heterocycles. The summed E-state index contributed by atoms with van der Waals surface area (Å²) in [4.78, 5) is 9.96. The predicted octanol–water partition coefficient (Wildman–Crippen LogP) is 19.8. The van der Waals surface area contributed by atoms with Crippen molar-refractivity contribution < 1.29 is 57.7 Å². The van der Waals surface area contributed by atoms with Gasteiger partial charge in [-0.05, 0) is 128 Å². The fourth-order valence-corrected chi connectivity index (χ4v) is 10.2. The van der Waals surface area contributed by atoms with Gasteiger partial charge in [-0.3, -0.25) is 9.55 Å². The molecule has 0 unspecified atom stereocenters. The molecule has 0 atom stereocenters. The molecule has 0 radical (unpaired) electrons. The first-order valence-corrected chi connectivity index (χ1v) is 25.7. The molecule has 1 fully saturated rings. The molecule has 1 saturated carbocycles. The van der Waals surface area contributed by atoms with Crippen LogP contribution in [-0.2, 0) is 42.7 Å². The summed E-state index contributed by atoms with van der Waals surface area (Å²) in [6.45, 7) is -8.93. The van der Waals surface area contributed by atoms with Crippen molar-refractivity contribution in [3.8, 4) is 78.6 Å². The van der Waals surface area contributed by atoms with Gasteiger partial charge in [0, 0.05) is 75.7 Å². The van der Waals surface area contributed by atoms with Crippen LogP contribution in [0.4, 0.5) is 0 Å². The quantitative estimate of drug-likeness (QED) is 0.154. The minimum atomic E-state index is -4.24. The third-order valence-electron chi connectivity index (χ3n) is 14.8. The van der Waals surface area contributed by atoms with E-state index in [2.05, 4.69) is 24.9 Å². The summed E-state index contributed by atoms with van der Waals surface area (Å²) in [6, 6.07) is 37.1. The molecule has 7 aromatic carbocycles. The smallest absolute Gasteiger partial charge is 0.148 e. The summed E-state index contributed by atoms with van der Waals surface area (Å²) in [5, 5.41) is 13.4. The normalized spacial score (nSPS) is 20.2.